The number of carbonyl (C=O) groups excluding carboxylic acids is 1. The van der Waals surface area contributed by atoms with Crippen LogP contribution < -0.4 is 5.32 Å². The van der Waals surface area contributed by atoms with Crippen LogP contribution in [-0.2, 0) is 9.53 Å². The predicted molar refractivity (Wildman–Crippen MR) is 94.8 cm³/mol. The second kappa shape index (κ2) is 7.27. The molecule has 1 N–H and O–H groups in total. The van der Waals surface area contributed by atoms with Crippen LogP contribution >= 0.6 is 0 Å². The predicted octanol–water partition coefficient (Wildman–Crippen LogP) is 3.03. The van der Waals surface area contributed by atoms with E-state index >= 15 is 0 Å². The molecule has 0 radical (unpaired) electrons. The van der Waals surface area contributed by atoms with Crippen molar-refractivity contribution in [3.63, 3.8) is 0 Å². The fourth-order valence-corrected chi connectivity index (χ4v) is 2.71. The summed E-state index contributed by atoms with van der Waals surface area (Å²) >= 11 is 0. The lowest BCUT2D eigenvalue weighted by Gasteiger charge is -2.12. The molecule has 1 heterocycles. The normalized spacial score (nSPS) is 12.2. The Morgan fingerprint density at radius 1 is 1.25 bits per heavy atom. The zero-order valence-corrected chi connectivity index (χ0v) is 13.9. The smallest absolute Gasteiger partial charge is 0.244 e. The third-order valence-corrected chi connectivity index (χ3v) is 4.08. The van der Waals surface area contributed by atoms with Gasteiger partial charge in [0.05, 0.1) is 12.8 Å². The number of carbonyl (C=O) groups is 1. The van der Waals surface area contributed by atoms with Crippen molar-refractivity contribution in [2.24, 2.45) is 0 Å². The lowest BCUT2D eigenvalue weighted by atomic mass is 10.0. The van der Waals surface area contributed by atoms with E-state index in [9.17, 15) is 4.79 Å². The highest BCUT2D eigenvalue weighted by Crippen LogP contribution is 2.28. The number of aromatic nitrogens is 2. The highest BCUT2D eigenvalue weighted by Gasteiger charge is 2.16. The summed E-state index contributed by atoms with van der Waals surface area (Å²) < 4.78 is 6.64. The molecular formula is C19H21N3O2. The maximum absolute atomic E-state index is 12.1. The van der Waals surface area contributed by atoms with E-state index in [0.29, 0.717) is 13.2 Å². The van der Waals surface area contributed by atoms with Gasteiger partial charge in [-0.1, -0.05) is 42.5 Å². The Labute approximate surface area is 141 Å². The van der Waals surface area contributed by atoms with E-state index in [2.05, 4.69) is 34.7 Å². The Morgan fingerprint density at radius 3 is 2.88 bits per heavy atom. The summed E-state index contributed by atoms with van der Waals surface area (Å²) in [5, 5.41) is 9.57. The van der Waals surface area contributed by atoms with Crippen LogP contribution in [0.2, 0.25) is 0 Å². The van der Waals surface area contributed by atoms with Gasteiger partial charge in [0.1, 0.15) is 6.04 Å². The van der Waals surface area contributed by atoms with Crippen LogP contribution in [0.1, 0.15) is 13.0 Å². The van der Waals surface area contributed by atoms with Crippen LogP contribution in [0.3, 0.4) is 0 Å². The minimum atomic E-state index is -0.370. The Hall–Kier alpha value is -2.66. The van der Waals surface area contributed by atoms with Crippen LogP contribution in [0.15, 0.2) is 54.9 Å². The van der Waals surface area contributed by atoms with Gasteiger partial charge in [-0.05, 0) is 23.3 Å². The Kier molecular flexibility index (Phi) is 4.91. The van der Waals surface area contributed by atoms with Gasteiger partial charge < -0.3 is 10.1 Å². The molecule has 124 valence electrons. The van der Waals surface area contributed by atoms with E-state index in [0.717, 1.165) is 11.1 Å². The zero-order chi connectivity index (χ0) is 16.9. The number of rotatable bonds is 6. The summed E-state index contributed by atoms with van der Waals surface area (Å²) in [6.07, 6.45) is 3.73. The third kappa shape index (κ3) is 3.31. The number of fused-ring (bicyclic) bond motifs is 1. The maximum atomic E-state index is 12.1. The Balaban J connectivity index is 1.83. The molecule has 5 heteroatoms. The lowest BCUT2D eigenvalue weighted by molar-refractivity contribution is -0.124. The van der Waals surface area contributed by atoms with Crippen molar-refractivity contribution in [1.29, 1.82) is 0 Å². The van der Waals surface area contributed by atoms with Gasteiger partial charge in [-0.3, -0.25) is 9.48 Å². The molecule has 1 aromatic heterocycles. The van der Waals surface area contributed by atoms with Gasteiger partial charge in [0.2, 0.25) is 5.91 Å². The van der Waals surface area contributed by atoms with E-state index in [4.69, 9.17) is 4.74 Å². The zero-order valence-electron chi connectivity index (χ0n) is 13.9. The molecule has 2 aromatic carbocycles. The molecule has 0 spiro atoms. The van der Waals surface area contributed by atoms with Crippen LogP contribution in [0, 0.1) is 0 Å². The van der Waals surface area contributed by atoms with E-state index in [1.54, 1.807) is 18.0 Å². The van der Waals surface area contributed by atoms with Gasteiger partial charge in [0, 0.05) is 25.4 Å². The van der Waals surface area contributed by atoms with Crippen LogP contribution in [0.5, 0.6) is 0 Å². The number of hydrogen-bond donors (Lipinski definition) is 1. The molecule has 3 rings (SSSR count). The SMILES string of the molecule is COCCNC(=O)C(C)n1cc(-c2cccc3ccccc23)cn1. The van der Waals surface area contributed by atoms with Crippen molar-refractivity contribution in [2.45, 2.75) is 13.0 Å². The van der Waals surface area contributed by atoms with E-state index < -0.39 is 0 Å². The topological polar surface area (TPSA) is 56.1 Å². The first-order chi connectivity index (χ1) is 11.7. The van der Waals surface area contributed by atoms with Gasteiger partial charge >= 0.3 is 0 Å². The van der Waals surface area contributed by atoms with E-state index in [1.807, 2.05) is 31.3 Å². The number of hydrogen-bond acceptors (Lipinski definition) is 3. The van der Waals surface area contributed by atoms with Crippen LogP contribution in [0.4, 0.5) is 0 Å². The average molecular weight is 323 g/mol. The molecule has 1 atom stereocenters. The maximum Gasteiger partial charge on any atom is 0.244 e. The number of nitrogens with one attached hydrogen (secondary N) is 1. The largest absolute Gasteiger partial charge is 0.383 e. The van der Waals surface area contributed by atoms with Crippen molar-refractivity contribution >= 4 is 16.7 Å². The number of amides is 1. The first-order valence-corrected chi connectivity index (χ1v) is 7.99. The van der Waals surface area contributed by atoms with E-state index in [-0.39, 0.29) is 11.9 Å². The molecule has 0 saturated heterocycles. The summed E-state index contributed by atoms with van der Waals surface area (Å²) in [6.45, 7) is 2.83. The molecule has 0 saturated carbocycles. The highest BCUT2D eigenvalue weighted by atomic mass is 16.5. The quantitative estimate of drug-likeness (QED) is 0.709. The number of benzene rings is 2. The first kappa shape index (κ1) is 16.2. The number of methoxy groups -OCH3 is 1. The average Bonchev–Trinajstić information content (AvgIpc) is 3.10. The Bertz CT molecular complexity index is 836. The van der Waals surface area contributed by atoms with Crippen molar-refractivity contribution in [3.8, 4) is 11.1 Å². The summed E-state index contributed by atoms with van der Waals surface area (Å²) in [6, 6.07) is 14.1. The van der Waals surface area contributed by atoms with Gasteiger partial charge in [-0.25, -0.2) is 0 Å². The Morgan fingerprint density at radius 2 is 2.04 bits per heavy atom. The second-order valence-corrected chi connectivity index (χ2v) is 5.70. The molecule has 0 bridgehead atoms. The first-order valence-electron chi connectivity index (χ1n) is 7.99. The summed E-state index contributed by atoms with van der Waals surface area (Å²) in [5.41, 5.74) is 2.12. The number of nitrogens with zero attached hydrogens (tertiary/aromatic N) is 2. The molecule has 1 amide bonds. The summed E-state index contributed by atoms with van der Waals surface area (Å²) in [7, 11) is 1.61. The fourth-order valence-electron chi connectivity index (χ4n) is 2.71. The minimum absolute atomic E-state index is 0.0698. The minimum Gasteiger partial charge on any atom is -0.383 e. The highest BCUT2D eigenvalue weighted by molar-refractivity contribution is 5.96. The van der Waals surface area contributed by atoms with Gasteiger partial charge in [-0.15, -0.1) is 0 Å². The molecular weight excluding hydrogens is 302 g/mol. The molecule has 24 heavy (non-hydrogen) atoms. The van der Waals surface area contributed by atoms with Gasteiger partial charge in [-0.2, -0.15) is 5.10 Å². The van der Waals surface area contributed by atoms with Crippen LogP contribution in [-0.4, -0.2) is 35.9 Å². The lowest BCUT2D eigenvalue weighted by Crippen LogP contribution is -2.33. The summed E-state index contributed by atoms with van der Waals surface area (Å²) in [5.74, 6) is -0.0698. The van der Waals surface area contributed by atoms with Crippen molar-refractivity contribution in [3.05, 3.63) is 54.9 Å². The van der Waals surface area contributed by atoms with Crippen LogP contribution in [0.25, 0.3) is 21.9 Å². The molecule has 0 aliphatic rings. The molecule has 5 nitrogen and oxygen atoms in total. The monoisotopic (exact) mass is 323 g/mol. The van der Waals surface area contributed by atoms with E-state index in [1.165, 1.54) is 10.8 Å². The molecule has 3 aromatic rings. The second-order valence-electron chi connectivity index (χ2n) is 5.70. The van der Waals surface area contributed by atoms with Gasteiger partial charge in [0.15, 0.2) is 0 Å². The van der Waals surface area contributed by atoms with Crippen molar-refractivity contribution < 1.29 is 9.53 Å². The number of ether oxygens (including phenoxy) is 1. The fraction of sp³-hybridized carbons (Fsp3) is 0.263. The molecule has 0 fully saturated rings. The van der Waals surface area contributed by atoms with Gasteiger partial charge in [0.25, 0.3) is 0 Å². The third-order valence-electron chi connectivity index (χ3n) is 4.08. The summed E-state index contributed by atoms with van der Waals surface area (Å²) in [4.78, 5) is 12.1. The molecule has 1 unspecified atom stereocenters. The van der Waals surface area contributed by atoms with Crippen molar-refractivity contribution in [2.75, 3.05) is 20.3 Å². The molecule has 0 aliphatic carbocycles. The van der Waals surface area contributed by atoms with Crippen molar-refractivity contribution in [1.82, 2.24) is 15.1 Å². The standard InChI is InChI=1S/C19H21N3O2/c1-14(19(23)20-10-11-24-2)22-13-16(12-21-22)18-9-5-7-15-6-3-4-8-17(15)18/h3-9,12-14H,10-11H2,1-2H3,(H,20,23). The molecule has 0 aliphatic heterocycles.